The molecule has 0 aliphatic rings. The van der Waals surface area contributed by atoms with E-state index in [2.05, 4.69) is 55.6 Å². The van der Waals surface area contributed by atoms with Gasteiger partial charge in [0.2, 0.25) is 5.91 Å². The zero-order valence-corrected chi connectivity index (χ0v) is 46.0. The number of aliphatic hydroxyl groups excluding tert-OH is 2. The normalized spacial score (nSPS) is 12.9. The highest BCUT2D eigenvalue weighted by Gasteiger charge is 2.18. The van der Waals surface area contributed by atoms with Crippen molar-refractivity contribution < 1.29 is 24.5 Å². The van der Waals surface area contributed by atoms with E-state index in [0.717, 1.165) is 64.2 Å². The second-order valence-corrected chi connectivity index (χ2v) is 20.7. The molecular formula is C63H117NO5. The van der Waals surface area contributed by atoms with Crippen molar-refractivity contribution in [3.63, 3.8) is 0 Å². The molecule has 0 heterocycles. The smallest absolute Gasteiger partial charge is 0.305 e. The highest BCUT2D eigenvalue weighted by Crippen LogP contribution is 2.16. The summed E-state index contributed by atoms with van der Waals surface area (Å²) in [6.07, 6.45) is 74.2. The van der Waals surface area contributed by atoms with Gasteiger partial charge in [0.15, 0.2) is 0 Å². The molecule has 0 aromatic carbocycles. The molecule has 3 N–H and O–H groups in total. The Hall–Kier alpha value is -2.18. The number of rotatable bonds is 56. The average molecular weight is 969 g/mol. The summed E-state index contributed by atoms with van der Waals surface area (Å²) in [6, 6.07) is -0.636. The van der Waals surface area contributed by atoms with E-state index in [1.54, 1.807) is 6.08 Å². The number of ether oxygens (including phenoxy) is 1. The number of hydrogen-bond acceptors (Lipinski definition) is 5. The summed E-state index contributed by atoms with van der Waals surface area (Å²) in [5, 5.41) is 23.1. The third kappa shape index (κ3) is 55.0. The number of amides is 1. The summed E-state index contributed by atoms with van der Waals surface area (Å²) in [7, 11) is 0. The Morgan fingerprint density at radius 1 is 0.406 bits per heavy atom. The second kappa shape index (κ2) is 58.4. The molecule has 69 heavy (non-hydrogen) atoms. The molecule has 0 fully saturated rings. The third-order valence-electron chi connectivity index (χ3n) is 13.8. The van der Waals surface area contributed by atoms with Crippen LogP contribution in [0.3, 0.4) is 0 Å². The van der Waals surface area contributed by atoms with Crippen molar-refractivity contribution in [2.75, 3.05) is 13.2 Å². The molecule has 0 saturated heterocycles. The van der Waals surface area contributed by atoms with Crippen molar-refractivity contribution in [3.05, 3.63) is 48.6 Å². The van der Waals surface area contributed by atoms with Crippen molar-refractivity contribution in [1.29, 1.82) is 0 Å². The van der Waals surface area contributed by atoms with Gasteiger partial charge in [-0.2, -0.15) is 0 Å². The fourth-order valence-electron chi connectivity index (χ4n) is 9.13. The first kappa shape index (κ1) is 66.8. The number of hydrogen-bond donors (Lipinski definition) is 3. The Balaban J connectivity index is 3.48. The van der Waals surface area contributed by atoms with Crippen LogP contribution < -0.4 is 5.32 Å². The van der Waals surface area contributed by atoms with Gasteiger partial charge in [-0.05, 0) is 89.9 Å². The first-order valence-corrected chi connectivity index (χ1v) is 30.4. The summed E-state index contributed by atoms with van der Waals surface area (Å²) in [5.74, 6) is -0.0876. The SMILES string of the molecule is CCCCCC/C=C\C/C=C\CCCCCCCC(=O)OCCCCCCCCCC/C=C\CCCCCCCCCC(=O)NC(CO)C(O)/C=C/CCCCCCCCCCCCCCCCC. The molecular weight excluding hydrogens is 851 g/mol. The molecule has 0 aliphatic heterocycles. The van der Waals surface area contributed by atoms with Crippen molar-refractivity contribution in [1.82, 2.24) is 5.32 Å². The van der Waals surface area contributed by atoms with E-state index in [-0.39, 0.29) is 18.5 Å². The van der Waals surface area contributed by atoms with Crippen molar-refractivity contribution in [2.24, 2.45) is 0 Å². The molecule has 6 heteroatoms. The van der Waals surface area contributed by atoms with Gasteiger partial charge >= 0.3 is 5.97 Å². The van der Waals surface area contributed by atoms with Crippen LogP contribution in [0.5, 0.6) is 0 Å². The Morgan fingerprint density at radius 2 is 0.725 bits per heavy atom. The van der Waals surface area contributed by atoms with Gasteiger partial charge in [0.1, 0.15) is 0 Å². The lowest BCUT2D eigenvalue weighted by Crippen LogP contribution is -2.45. The molecule has 404 valence electrons. The maximum atomic E-state index is 12.5. The lowest BCUT2D eigenvalue weighted by atomic mass is 10.0. The predicted molar refractivity (Wildman–Crippen MR) is 301 cm³/mol. The fourth-order valence-corrected chi connectivity index (χ4v) is 9.13. The van der Waals surface area contributed by atoms with E-state index in [4.69, 9.17) is 4.74 Å². The highest BCUT2D eigenvalue weighted by atomic mass is 16.5. The second-order valence-electron chi connectivity index (χ2n) is 20.7. The molecule has 2 unspecified atom stereocenters. The first-order valence-electron chi connectivity index (χ1n) is 30.4. The number of nitrogens with one attached hydrogen (secondary N) is 1. The first-order chi connectivity index (χ1) is 34.0. The zero-order chi connectivity index (χ0) is 50.0. The van der Waals surface area contributed by atoms with E-state index >= 15 is 0 Å². The third-order valence-corrected chi connectivity index (χ3v) is 13.8. The number of unbranched alkanes of at least 4 members (excludes halogenated alkanes) is 39. The number of esters is 1. The maximum absolute atomic E-state index is 12.5. The van der Waals surface area contributed by atoms with Crippen LogP contribution in [0.2, 0.25) is 0 Å². The van der Waals surface area contributed by atoms with Crippen LogP contribution in [-0.2, 0) is 14.3 Å². The van der Waals surface area contributed by atoms with Crippen LogP contribution in [0.15, 0.2) is 48.6 Å². The Bertz CT molecular complexity index is 1160. The largest absolute Gasteiger partial charge is 0.466 e. The number of allylic oxidation sites excluding steroid dienone is 7. The number of carbonyl (C=O) groups is 2. The fraction of sp³-hybridized carbons (Fsp3) is 0.841. The standard InChI is InChI=1S/C63H117NO5/c1-3-5-7-9-11-13-15-17-19-24-27-31-35-39-43-47-51-55-61(66)60(59-65)64-62(67)56-52-48-44-40-36-32-28-25-22-21-23-26-30-34-38-42-46-50-54-58-69-63(68)57-53-49-45-41-37-33-29-20-18-16-14-12-10-8-6-4-2/h14,16,20-22,29,51,55,60-61,65-66H,3-13,15,17-19,23-28,30-50,52-54,56-59H2,1-2H3,(H,64,67)/b16-14-,22-21-,29-20-,55-51+. The molecule has 0 rings (SSSR count). The van der Waals surface area contributed by atoms with E-state index in [1.165, 1.54) is 225 Å². The Labute approximate surface area is 429 Å². The van der Waals surface area contributed by atoms with Gasteiger partial charge in [-0.3, -0.25) is 9.59 Å². The molecule has 0 spiro atoms. The van der Waals surface area contributed by atoms with Crippen molar-refractivity contribution >= 4 is 11.9 Å². The number of aliphatic hydroxyl groups is 2. The Morgan fingerprint density at radius 3 is 1.13 bits per heavy atom. The molecule has 0 radical (unpaired) electrons. The van der Waals surface area contributed by atoms with Crippen LogP contribution in [0.25, 0.3) is 0 Å². The van der Waals surface area contributed by atoms with Crippen LogP contribution >= 0.6 is 0 Å². The molecule has 2 atom stereocenters. The van der Waals surface area contributed by atoms with E-state index in [0.29, 0.717) is 19.4 Å². The number of carbonyl (C=O) groups excluding carboxylic acids is 2. The molecule has 0 saturated carbocycles. The van der Waals surface area contributed by atoms with E-state index < -0.39 is 12.1 Å². The van der Waals surface area contributed by atoms with Gasteiger partial charge in [0.25, 0.3) is 0 Å². The summed E-state index contributed by atoms with van der Waals surface area (Å²) in [6.45, 7) is 4.88. The van der Waals surface area contributed by atoms with Gasteiger partial charge in [0, 0.05) is 12.8 Å². The quantitative estimate of drug-likeness (QED) is 0.0321. The summed E-state index contributed by atoms with van der Waals surface area (Å²) < 4.78 is 5.47. The molecule has 0 bridgehead atoms. The van der Waals surface area contributed by atoms with Gasteiger partial charge in [-0.15, -0.1) is 0 Å². The monoisotopic (exact) mass is 968 g/mol. The van der Waals surface area contributed by atoms with Crippen LogP contribution in [0.1, 0.15) is 316 Å². The summed E-state index contributed by atoms with van der Waals surface area (Å²) in [5.41, 5.74) is 0. The molecule has 6 nitrogen and oxygen atoms in total. The summed E-state index contributed by atoms with van der Waals surface area (Å²) >= 11 is 0. The lowest BCUT2D eigenvalue weighted by molar-refractivity contribution is -0.143. The molecule has 0 aliphatic carbocycles. The van der Waals surface area contributed by atoms with Crippen LogP contribution in [-0.4, -0.2) is 47.4 Å². The van der Waals surface area contributed by atoms with Gasteiger partial charge in [0.05, 0.1) is 25.4 Å². The minimum absolute atomic E-state index is 0.0106. The highest BCUT2D eigenvalue weighted by molar-refractivity contribution is 5.76. The lowest BCUT2D eigenvalue weighted by Gasteiger charge is -2.20. The maximum Gasteiger partial charge on any atom is 0.305 e. The minimum atomic E-state index is -0.852. The van der Waals surface area contributed by atoms with E-state index in [9.17, 15) is 19.8 Å². The molecule has 1 amide bonds. The van der Waals surface area contributed by atoms with Crippen LogP contribution in [0, 0.1) is 0 Å². The topological polar surface area (TPSA) is 95.9 Å². The van der Waals surface area contributed by atoms with Crippen molar-refractivity contribution in [3.8, 4) is 0 Å². The van der Waals surface area contributed by atoms with Crippen LogP contribution in [0.4, 0.5) is 0 Å². The summed E-state index contributed by atoms with van der Waals surface area (Å²) in [4.78, 5) is 24.5. The predicted octanol–water partition coefficient (Wildman–Crippen LogP) is 19.0. The van der Waals surface area contributed by atoms with Gasteiger partial charge in [-0.1, -0.05) is 262 Å². The zero-order valence-electron chi connectivity index (χ0n) is 46.0. The van der Waals surface area contributed by atoms with E-state index in [1.807, 2.05) is 6.08 Å². The average Bonchev–Trinajstić information content (AvgIpc) is 3.35. The van der Waals surface area contributed by atoms with Gasteiger partial charge < -0.3 is 20.3 Å². The minimum Gasteiger partial charge on any atom is -0.466 e. The molecule has 0 aromatic heterocycles. The molecule has 0 aromatic rings. The van der Waals surface area contributed by atoms with Gasteiger partial charge in [-0.25, -0.2) is 0 Å². The van der Waals surface area contributed by atoms with Crippen molar-refractivity contribution in [2.45, 2.75) is 328 Å². The Kier molecular flexibility index (Phi) is 56.5.